The molecular formula is C26H23ClN2O2. The van der Waals surface area contributed by atoms with Gasteiger partial charge in [0.1, 0.15) is 5.82 Å². The molecule has 1 aromatic heterocycles. The summed E-state index contributed by atoms with van der Waals surface area (Å²) in [5.41, 5.74) is 5.04. The fourth-order valence-electron chi connectivity index (χ4n) is 3.72. The lowest BCUT2D eigenvalue weighted by Gasteiger charge is -2.13. The molecule has 0 saturated carbocycles. The van der Waals surface area contributed by atoms with Gasteiger partial charge in [0.15, 0.2) is 0 Å². The molecule has 1 N–H and O–H groups in total. The minimum Gasteiger partial charge on any atom is -0.481 e. The van der Waals surface area contributed by atoms with Crippen LogP contribution in [0.5, 0.6) is 0 Å². The van der Waals surface area contributed by atoms with E-state index in [0.717, 1.165) is 40.3 Å². The number of benzene rings is 3. The maximum atomic E-state index is 11.0. The molecule has 0 unspecified atom stereocenters. The van der Waals surface area contributed by atoms with Gasteiger partial charge in [0, 0.05) is 34.7 Å². The van der Waals surface area contributed by atoms with Crippen molar-refractivity contribution in [3.63, 3.8) is 0 Å². The standard InChI is InChI=1S/C26H23ClN2O2/c27-22-16-14-21(15-17-22)26-28-24(19-9-3-1-4-10-19)25(20-11-5-2-6-12-20)29(26)18-8-7-13-23(30)31/h1-6,9-12,14-17H,7-8,13,18H2,(H,30,31). The quantitative estimate of drug-likeness (QED) is 0.313. The Morgan fingerprint density at radius 3 is 2.03 bits per heavy atom. The van der Waals surface area contributed by atoms with E-state index in [-0.39, 0.29) is 6.42 Å². The summed E-state index contributed by atoms with van der Waals surface area (Å²) in [5, 5.41) is 9.70. The number of hydrogen-bond acceptors (Lipinski definition) is 2. The highest BCUT2D eigenvalue weighted by Crippen LogP contribution is 2.36. The number of carboxylic acid groups (broad SMARTS) is 1. The Labute approximate surface area is 186 Å². The molecule has 1 heterocycles. The van der Waals surface area contributed by atoms with Crippen LogP contribution in [0.1, 0.15) is 19.3 Å². The van der Waals surface area contributed by atoms with Crippen LogP contribution in [0.4, 0.5) is 0 Å². The minimum absolute atomic E-state index is 0.164. The first-order valence-electron chi connectivity index (χ1n) is 10.3. The van der Waals surface area contributed by atoms with Crippen LogP contribution < -0.4 is 0 Å². The molecule has 31 heavy (non-hydrogen) atoms. The van der Waals surface area contributed by atoms with Crippen LogP contribution in [-0.2, 0) is 11.3 Å². The van der Waals surface area contributed by atoms with Crippen molar-refractivity contribution >= 4 is 17.6 Å². The molecule has 0 spiro atoms. The second-order valence-electron chi connectivity index (χ2n) is 7.37. The normalized spacial score (nSPS) is 10.9. The highest BCUT2D eigenvalue weighted by molar-refractivity contribution is 6.30. The first-order valence-corrected chi connectivity index (χ1v) is 10.7. The predicted octanol–water partition coefficient (Wildman–Crippen LogP) is 6.79. The molecule has 0 amide bonds. The second kappa shape index (κ2) is 9.63. The third kappa shape index (κ3) is 4.86. The van der Waals surface area contributed by atoms with Crippen molar-refractivity contribution in [1.29, 1.82) is 0 Å². The Kier molecular flexibility index (Phi) is 6.48. The summed E-state index contributed by atoms with van der Waals surface area (Å²) in [4.78, 5) is 16.1. The molecule has 0 atom stereocenters. The monoisotopic (exact) mass is 430 g/mol. The van der Waals surface area contributed by atoms with Crippen molar-refractivity contribution in [3.8, 4) is 33.9 Å². The summed E-state index contributed by atoms with van der Waals surface area (Å²) in [6, 6.07) is 28.0. The Morgan fingerprint density at radius 1 is 0.806 bits per heavy atom. The summed E-state index contributed by atoms with van der Waals surface area (Å²) >= 11 is 6.12. The van der Waals surface area contributed by atoms with Crippen molar-refractivity contribution in [3.05, 3.63) is 90.0 Å². The molecule has 4 rings (SSSR count). The van der Waals surface area contributed by atoms with Gasteiger partial charge in [-0.05, 0) is 37.1 Å². The first kappa shape index (κ1) is 20.9. The molecule has 5 heteroatoms. The number of hydrogen-bond donors (Lipinski definition) is 1. The van der Waals surface area contributed by atoms with Gasteiger partial charge < -0.3 is 9.67 Å². The zero-order valence-electron chi connectivity index (χ0n) is 17.0. The van der Waals surface area contributed by atoms with Crippen LogP contribution in [-0.4, -0.2) is 20.6 Å². The van der Waals surface area contributed by atoms with Gasteiger partial charge in [-0.1, -0.05) is 72.3 Å². The van der Waals surface area contributed by atoms with Crippen LogP contribution >= 0.6 is 11.6 Å². The molecular weight excluding hydrogens is 408 g/mol. The third-order valence-corrected chi connectivity index (χ3v) is 5.44. The highest BCUT2D eigenvalue weighted by Gasteiger charge is 2.21. The molecule has 4 nitrogen and oxygen atoms in total. The van der Waals surface area contributed by atoms with Crippen LogP contribution in [0.15, 0.2) is 84.9 Å². The van der Waals surface area contributed by atoms with Crippen molar-refractivity contribution in [2.75, 3.05) is 0 Å². The van der Waals surface area contributed by atoms with E-state index in [0.29, 0.717) is 18.0 Å². The number of carbonyl (C=O) groups is 1. The van der Waals surface area contributed by atoms with Gasteiger partial charge in [0.25, 0.3) is 0 Å². The lowest BCUT2D eigenvalue weighted by Crippen LogP contribution is -2.04. The van der Waals surface area contributed by atoms with Crippen LogP contribution in [0.2, 0.25) is 5.02 Å². The van der Waals surface area contributed by atoms with E-state index >= 15 is 0 Å². The van der Waals surface area contributed by atoms with Crippen molar-refractivity contribution < 1.29 is 9.90 Å². The number of imidazole rings is 1. The van der Waals surface area contributed by atoms with E-state index < -0.39 is 5.97 Å². The maximum absolute atomic E-state index is 11.0. The first-order chi connectivity index (χ1) is 15.1. The molecule has 0 aliphatic heterocycles. The van der Waals surface area contributed by atoms with Gasteiger partial charge in [-0.3, -0.25) is 4.79 Å². The van der Waals surface area contributed by atoms with Gasteiger partial charge in [-0.25, -0.2) is 4.98 Å². The highest BCUT2D eigenvalue weighted by atomic mass is 35.5. The van der Waals surface area contributed by atoms with Crippen LogP contribution in [0, 0.1) is 0 Å². The molecule has 0 saturated heterocycles. The smallest absolute Gasteiger partial charge is 0.303 e. The molecule has 0 aliphatic rings. The molecule has 0 aliphatic carbocycles. The molecule has 4 aromatic rings. The number of halogens is 1. The third-order valence-electron chi connectivity index (χ3n) is 5.19. The SMILES string of the molecule is O=C(O)CCCCn1c(-c2ccc(Cl)cc2)nc(-c2ccccc2)c1-c1ccccc1. The predicted molar refractivity (Wildman–Crippen MR) is 125 cm³/mol. The number of nitrogens with zero attached hydrogens (tertiary/aromatic N) is 2. The van der Waals surface area contributed by atoms with Crippen molar-refractivity contribution in [1.82, 2.24) is 9.55 Å². The van der Waals surface area contributed by atoms with E-state index in [1.807, 2.05) is 60.7 Å². The molecule has 156 valence electrons. The summed E-state index contributed by atoms with van der Waals surface area (Å²) in [5.74, 6) is 0.0847. The zero-order chi connectivity index (χ0) is 21.6. The maximum Gasteiger partial charge on any atom is 0.303 e. The Bertz CT molecular complexity index is 1150. The Morgan fingerprint density at radius 2 is 1.42 bits per heavy atom. The average Bonchev–Trinajstić information content (AvgIpc) is 3.18. The summed E-state index contributed by atoms with van der Waals surface area (Å²) in [6.45, 7) is 0.676. The number of rotatable bonds is 8. The van der Waals surface area contributed by atoms with E-state index in [1.54, 1.807) is 0 Å². The Hall–Kier alpha value is -3.37. The van der Waals surface area contributed by atoms with Gasteiger partial charge in [-0.2, -0.15) is 0 Å². The van der Waals surface area contributed by atoms with Crippen molar-refractivity contribution in [2.24, 2.45) is 0 Å². The summed E-state index contributed by atoms with van der Waals surface area (Å²) < 4.78 is 2.21. The number of aromatic nitrogens is 2. The van der Waals surface area contributed by atoms with Crippen LogP contribution in [0.3, 0.4) is 0 Å². The molecule has 3 aromatic carbocycles. The summed E-state index contributed by atoms with van der Waals surface area (Å²) in [6.07, 6.45) is 1.52. The summed E-state index contributed by atoms with van der Waals surface area (Å²) in [7, 11) is 0. The molecule has 0 radical (unpaired) electrons. The number of unbranched alkanes of at least 4 members (excludes halogenated alkanes) is 1. The lowest BCUT2D eigenvalue weighted by atomic mass is 10.0. The zero-order valence-corrected chi connectivity index (χ0v) is 17.8. The van der Waals surface area contributed by atoms with Gasteiger partial charge in [0.05, 0.1) is 11.4 Å². The van der Waals surface area contributed by atoms with E-state index in [9.17, 15) is 4.79 Å². The van der Waals surface area contributed by atoms with E-state index in [2.05, 4.69) is 28.8 Å². The van der Waals surface area contributed by atoms with Gasteiger partial charge in [0.2, 0.25) is 0 Å². The minimum atomic E-state index is -0.767. The largest absolute Gasteiger partial charge is 0.481 e. The molecule has 0 fully saturated rings. The molecule has 0 bridgehead atoms. The number of carboxylic acids is 1. The topological polar surface area (TPSA) is 55.1 Å². The van der Waals surface area contributed by atoms with Crippen molar-refractivity contribution in [2.45, 2.75) is 25.8 Å². The fourth-order valence-corrected chi connectivity index (χ4v) is 3.85. The van der Waals surface area contributed by atoms with Gasteiger partial charge in [-0.15, -0.1) is 0 Å². The number of aliphatic carboxylic acids is 1. The van der Waals surface area contributed by atoms with Crippen LogP contribution in [0.25, 0.3) is 33.9 Å². The van der Waals surface area contributed by atoms with Gasteiger partial charge >= 0.3 is 5.97 Å². The fraction of sp³-hybridized carbons (Fsp3) is 0.154. The average molecular weight is 431 g/mol. The van der Waals surface area contributed by atoms with E-state index in [1.165, 1.54) is 0 Å². The van der Waals surface area contributed by atoms with E-state index in [4.69, 9.17) is 21.7 Å². The lowest BCUT2D eigenvalue weighted by molar-refractivity contribution is -0.137. The Balaban J connectivity index is 1.88. The second-order valence-corrected chi connectivity index (χ2v) is 7.81.